The third kappa shape index (κ3) is 8.14. The Labute approximate surface area is 262 Å². The highest BCUT2D eigenvalue weighted by Crippen LogP contribution is 2.27. The summed E-state index contributed by atoms with van der Waals surface area (Å²) >= 11 is 9.51. The maximum Gasteiger partial charge on any atom is 0.264 e. The van der Waals surface area contributed by atoms with Crippen LogP contribution in [0.4, 0.5) is 5.69 Å². The Kier molecular flexibility index (Phi) is 11.1. The first-order valence-electron chi connectivity index (χ1n) is 14.3. The third-order valence-corrected chi connectivity index (χ3v) is 10.2. The first-order valence-corrected chi connectivity index (χ1v) is 16.9. The van der Waals surface area contributed by atoms with Gasteiger partial charge in [0.1, 0.15) is 12.6 Å². The summed E-state index contributed by atoms with van der Waals surface area (Å²) in [5.74, 6) is -0.697. The van der Waals surface area contributed by atoms with Crippen molar-refractivity contribution in [2.75, 3.05) is 10.8 Å². The van der Waals surface area contributed by atoms with E-state index in [0.29, 0.717) is 17.1 Å². The van der Waals surface area contributed by atoms with E-state index >= 15 is 0 Å². The number of carbonyl (C=O) groups is 2. The molecular formula is C32H37BrClN3O4S. The summed E-state index contributed by atoms with van der Waals surface area (Å²) in [5, 5.41) is 3.72. The lowest BCUT2D eigenvalue weighted by molar-refractivity contribution is -0.140. The maximum atomic E-state index is 14.2. The van der Waals surface area contributed by atoms with E-state index in [0.717, 1.165) is 52.0 Å². The van der Waals surface area contributed by atoms with Gasteiger partial charge < -0.3 is 10.2 Å². The van der Waals surface area contributed by atoms with Crippen molar-refractivity contribution in [2.24, 2.45) is 0 Å². The zero-order chi connectivity index (χ0) is 30.3. The van der Waals surface area contributed by atoms with Crippen LogP contribution >= 0.6 is 27.5 Å². The number of halogens is 2. The number of hydrogen-bond donors (Lipinski definition) is 1. The largest absolute Gasteiger partial charge is 0.352 e. The fourth-order valence-corrected chi connectivity index (χ4v) is 7.03. The molecule has 7 nitrogen and oxygen atoms in total. The number of sulfonamides is 1. The second-order valence-electron chi connectivity index (χ2n) is 10.7. The summed E-state index contributed by atoms with van der Waals surface area (Å²) in [7, 11) is -4.11. The summed E-state index contributed by atoms with van der Waals surface area (Å²) < 4.78 is 29.8. The lowest BCUT2D eigenvalue weighted by atomic mass is 9.95. The minimum atomic E-state index is -4.11. The normalized spacial score (nSPS) is 14.7. The molecule has 1 N–H and O–H groups in total. The Morgan fingerprint density at radius 1 is 0.952 bits per heavy atom. The van der Waals surface area contributed by atoms with Crippen LogP contribution in [0.3, 0.4) is 0 Å². The number of anilines is 1. The van der Waals surface area contributed by atoms with Gasteiger partial charge in [0.2, 0.25) is 11.8 Å². The maximum absolute atomic E-state index is 14.2. The van der Waals surface area contributed by atoms with Gasteiger partial charge in [-0.15, -0.1) is 0 Å². The summed E-state index contributed by atoms with van der Waals surface area (Å²) in [6.07, 6.45) is 5.49. The highest BCUT2D eigenvalue weighted by molar-refractivity contribution is 9.10. The van der Waals surface area contributed by atoms with Crippen LogP contribution < -0.4 is 9.62 Å². The van der Waals surface area contributed by atoms with E-state index in [-0.39, 0.29) is 23.4 Å². The van der Waals surface area contributed by atoms with Gasteiger partial charge in [-0.05, 0) is 80.3 Å². The number of aryl methyl sites for hydroxylation is 1. The Bertz CT molecular complexity index is 1460. The number of amides is 2. The molecule has 4 rings (SSSR count). The van der Waals surface area contributed by atoms with E-state index in [1.54, 1.807) is 60.7 Å². The first kappa shape index (κ1) is 32.0. The molecule has 1 aliphatic carbocycles. The molecule has 3 aromatic rings. The molecular weight excluding hydrogens is 638 g/mol. The quantitative estimate of drug-likeness (QED) is 0.241. The fraction of sp³-hybridized carbons (Fsp3) is 0.375. The van der Waals surface area contributed by atoms with Gasteiger partial charge in [-0.25, -0.2) is 8.42 Å². The average molecular weight is 675 g/mol. The second kappa shape index (κ2) is 14.5. The number of hydrogen-bond acceptors (Lipinski definition) is 4. The molecule has 0 spiro atoms. The molecule has 10 heteroatoms. The minimum absolute atomic E-state index is 0.0777. The summed E-state index contributed by atoms with van der Waals surface area (Å²) in [4.78, 5) is 29.4. The Balaban J connectivity index is 1.69. The number of nitrogens with zero attached hydrogens (tertiary/aromatic N) is 2. The van der Waals surface area contributed by atoms with Crippen LogP contribution in [-0.4, -0.2) is 43.8 Å². The lowest BCUT2D eigenvalue weighted by Crippen LogP contribution is -2.54. The van der Waals surface area contributed by atoms with Crippen molar-refractivity contribution in [1.82, 2.24) is 10.2 Å². The van der Waals surface area contributed by atoms with E-state index in [4.69, 9.17) is 11.6 Å². The summed E-state index contributed by atoms with van der Waals surface area (Å²) in [6, 6.07) is 19.7. The Morgan fingerprint density at radius 3 is 2.17 bits per heavy atom. The van der Waals surface area contributed by atoms with Gasteiger partial charge >= 0.3 is 0 Å². The van der Waals surface area contributed by atoms with Crippen molar-refractivity contribution in [3.8, 4) is 0 Å². The highest BCUT2D eigenvalue weighted by atomic mass is 79.9. The zero-order valence-electron chi connectivity index (χ0n) is 23.9. The van der Waals surface area contributed by atoms with Crippen LogP contribution in [-0.2, 0) is 26.2 Å². The minimum Gasteiger partial charge on any atom is -0.352 e. The number of benzene rings is 3. The molecule has 42 heavy (non-hydrogen) atoms. The van der Waals surface area contributed by atoms with Gasteiger partial charge in [-0.3, -0.25) is 13.9 Å². The van der Waals surface area contributed by atoms with Gasteiger partial charge in [0, 0.05) is 22.1 Å². The predicted octanol–water partition coefficient (Wildman–Crippen LogP) is 6.86. The van der Waals surface area contributed by atoms with Gasteiger partial charge in [-0.2, -0.15) is 0 Å². The smallest absolute Gasteiger partial charge is 0.264 e. The molecule has 2 amide bonds. The molecule has 1 atom stereocenters. The summed E-state index contributed by atoms with van der Waals surface area (Å²) in [5.41, 5.74) is 2.05. The van der Waals surface area contributed by atoms with Crippen LogP contribution in [0.15, 0.2) is 82.2 Å². The standard InChI is InChI=1S/C32H37BrClN3O4S/c1-3-30(32(39)35-27-7-5-4-6-8-27)36(21-24-11-15-26(34)16-12-24)31(38)22-37(28-17-13-25(33)14-18-28)42(40,41)29-19-9-23(2)10-20-29/h9-20,27,30H,3-8,21-22H2,1-2H3,(H,35,39)/t30-/m0/s1. The number of rotatable bonds is 11. The van der Waals surface area contributed by atoms with Gasteiger partial charge in [0.05, 0.1) is 10.6 Å². The van der Waals surface area contributed by atoms with Crippen LogP contribution in [0.25, 0.3) is 0 Å². The van der Waals surface area contributed by atoms with Gasteiger partial charge in [-0.1, -0.05) is 83.5 Å². The fourth-order valence-electron chi connectivity index (χ4n) is 5.22. The van der Waals surface area contributed by atoms with Crippen molar-refractivity contribution >= 4 is 55.1 Å². The molecule has 0 aliphatic heterocycles. The van der Waals surface area contributed by atoms with Gasteiger partial charge in [0.15, 0.2) is 0 Å². The van der Waals surface area contributed by atoms with E-state index < -0.39 is 28.5 Å². The van der Waals surface area contributed by atoms with Crippen molar-refractivity contribution in [2.45, 2.75) is 75.9 Å². The third-order valence-electron chi connectivity index (χ3n) is 7.61. The van der Waals surface area contributed by atoms with E-state index in [2.05, 4.69) is 21.2 Å². The zero-order valence-corrected chi connectivity index (χ0v) is 27.1. The summed E-state index contributed by atoms with van der Waals surface area (Å²) in [6.45, 7) is 3.40. The molecule has 0 saturated heterocycles. The van der Waals surface area contributed by atoms with Crippen molar-refractivity contribution in [3.63, 3.8) is 0 Å². The van der Waals surface area contributed by atoms with Crippen molar-refractivity contribution < 1.29 is 18.0 Å². The second-order valence-corrected chi connectivity index (χ2v) is 13.9. The van der Waals surface area contributed by atoms with Crippen LogP contribution in [0.2, 0.25) is 5.02 Å². The first-order chi connectivity index (χ1) is 20.1. The number of carbonyl (C=O) groups excluding carboxylic acids is 2. The molecule has 0 bridgehead atoms. The average Bonchev–Trinajstić information content (AvgIpc) is 2.98. The van der Waals surface area contributed by atoms with Gasteiger partial charge in [0.25, 0.3) is 10.0 Å². The Hall–Kier alpha value is -2.88. The Morgan fingerprint density at radius 2 is 1.57 bits per heavy atom. The van der Waals surface area contributed by atoms with E-state index in [9.17, 15) is 18.0 Å². The van der Waals surface area contributed by atoms with E-state index in [1.807, 2.05) is 26.0 Å². The molecule has 0 radical (unpaired) electrons. The molecule has 3 aromatic carbocycles. The highest BCUT2D eigenvalue weighted by Gasteiger charge is 2.34. The predicted molar refractivity (Wildman–Crippen MR) is 171 cm³/mol. The van der Waals surface area contributed by atoms with Crippen LogP contribution in [0.1, 0.15) is 56.6 Å². The molecule has 1 fully saturated rings. The topological polar surface area (TPSA) is 86.8 Å². The monoisotopic (exact) mass is 673 g/mol. The van der Waals surface area contributed by atoms with Crippen LogP contribution in [0, 0.1) is 6.92 Å². The molecule has 224 valence electrons. The molecule has 1 saturated carbocycles. The molecule has 0 heterocycles. The lowest BCUT2D eigenvalue weighted by Gasteiger charge is -2.34. The number of nitrogens with one attached hydrogen (secondary N) is 1. The van der Waals surface area contributed by atoms with E-state index in [1.165, 1.54) is 4.90 Å². The molecule has 1 aliphatic rings. The SMILES string of the molecule is CC[C@@H](C(=O)NC1CCCCC1)N(Cc1ccc(Cl)cc1)C(=O)CN(c1ccc(Br)cc1)S(=O)(=O)c1ccc(C)cc1. The van der Waals surface area contributed by atoms with Crippen molar-refractivity contribution in [1.29, 1.82) is 0 Å². The van der Waals surface area contributed by atoms with Crippen molar-refractivity contribution in [3.05, 3.63) is 93.4 Å². The van der Waals surface area contributed by atoms with Crippen LogP contribution in [0.5, 0.6) is 0 Å². The molecule has 0 aromatic heterocycles. The molecule has 0 unspecified atom stereocenters.